The molecular formula is C18H24N4O2. The maximum atomic E-state index is 12.1. The van der Waals surface area contributed by atoms with Gasteiger partial charge in [-0.2, -0.15) is 0 Å². The van der Waals surface area contributed by atoms with Crippen LogP contribution in [0.3, 0.4) is 0 Å². The Labute approximate surface area is 141 Å². The fourth-order valence-electron chi connectivity index (χ4n) is 3.61. The first-order chi connectivity index (χ1) is 11.7. The molecule has 1 aliphatic heterocycles. The van der Waals surface area contributed by atoms with Crippen LogP contribution in [0.15, 0.2) is 28.0 Å². The summed E-state index contributed by atoms with van der Waals surface area (Å²) in [4.78, 5) is 18.7. The third-order valence-electron chi connectivity index (χ3n) is 5.25. The second-order valence-electron chi connectivity index (χ2n) is 7.24. The predicted molar refractivity (Wildman–Crippen MR) is 89.7 cm³/mol. The minimum atomic E-state index is 0.0889. The summed E-state index contributed by atoms with van der Waals surface area (Å²) in [5.41, 5.74) is 2.07. The smallest absolute Gasteiger partial charge is 0.256 e. The van der Waals surface area contributed by atoms with Gasteiger partial charge in [-0.1, -0.05) is 5.16 Å². The van der Waals surface area contributed by atoms with Gasteiger partial charge in [-0.05, 0) is 51.6 Å². The molecule has 0 N–H and O–H groups in total. The van der Waals surface area contributed by atoms with E-state index < -0.39 is 0 Å². The van der Waals surface area contributed by atoms with Crippen molar-refractivity contribution in [3.63, 3.8) is 0 Å². The average Bonchev–Trinajstić information content (AvgIpc) is 3.33. The monoisotopic (exact) mass is 328 g/mol. The van der Waals surface area contributed by atoms with E-state index in [0.717, 1.165) is 50.3 Å². The number of nitrogens with zero attached hydrogens (tertiary/aromatic N) is 4. The molecule has 2 aliphatic rings. The van der Waals surface area contributed by atoms with Crippen LogP contribution in [-0.4, -0.2) is 32.7 Å². The van der Waals surface area contributed by atoms with E-state index in [2.05, 4.69) is 15.0 Å². The highest BCUT2D eigenvalue weighted by atomic mass is 16.5. The summed E-state index contributed by atoms with van der Waals surface area (Å²) in [6.07, 6.45) is 9.90. The zero-order chi connectivity index (χ0) is 16.5. The van der Waals surface area contributed by atoms with Crippen LogP contribution < -0.4 is 5.56 Å². The fourth-order valence-corrected chi connectivity index (χ4v) is 3.61. The summed E-state index contributed by atoms with van der Waals surface area (Å²) in [5.74, 6) is 2.27. The maximum absolute atomic E-state index is 12.1. The molecule has 2 aromatic heterocycles. The molecule has 0 bridgehead atoms. The number of piperidine rings is 1. The Hall–Kier alpha value is -1.95. The highest BCUT2D eigenvalue weighted by Gasteiger charge is 2.31. The maximum Gasteiger partial charge on any atom is 0.256 e. The third-order valence-corrected chi connectivity index (χ3v) is 5.25. The van der Waals surface area contributed by atoms with Crippen molar-refractivity contribution in [3.05, 3.63) is 46.0 Å². The molecule has 0 aromatic carbocycles. The number of likely N-dealkylation sites (tertiary alicyclic amines) is 1. The Morgan fingerprint density at radius 3 is 2.75 bits per heavy atom. The van der Waals surface area contributed by atoms with E-state index >= 15 is 0 Å². The summed E-state index contributed by atoms with van der Waals surface area (Å²) in [7, 11) is 0. The fraction of sp³-hybridized carbons (Fsp3) is 0.611. The molecule has 6 nitrogen and oxygen atoms in total. The Bertz CT molecular complexity index is 754. The molecule has 24 heavy (non-hydrogen) atoms. The second-order valence-corrected chi connectivity index (χ2v) is 7.24. The van der Waals surface area contributed by atoms with Gasteiger partial charge in [-0.25, -0.2) is 4.98 Å². The lowest BCUT2D eigenvalue weighted by molar-refractivity contribution is 0.165. The molecule has 1 saturated carbocycles. The van der Waals surface area contributed by atoms with Crippen molar-refractivity contribution in [3.8, 4) is 0 Å². The van der Waals surface area contributed by atoms with Gasteiger partial charge >= 0.3 is 0 Å². The lowest BCUT2D eigenvalue weighted by atomic mass is 9.96. The second kappa shape index (κ2) is 6.51. The first-order valence-corrected chi connectivity index (χ1v) is 8.87. The van der Waals surface area contributed by atoms with Crippen molar-refractivity contribution < 1.29 is 4.52 Å². The molecule has 6 heteroatoms. The topological polar surface area (TPSA) is 64.2 Å². The lowest BCUT2D eigenvalue weighted by Crippen LogP contribution is -2.36. The number of hydrogen-bond donors (Lipinski definition) is 0. The standard InChI is InChI=1S/C18H24N4O2/c1-13-8-19-12-22(18(13)23)10-14-4-6-21(7-5-14)11-16-9-20-24-17(16)15-2-3-15/h8-9,12,14-15H,2-7,10-11H2,1H3. The molecule has 1 saturated heterocycles. The molecule has 2 fully saturated rings. The summed E-state index contributed by atoms with van der Waals surface area (Å²) in [6.45, 7) is 5.67. The van der Waals surface area contributed by atoms with Gasteiger partial charge in [0, 0.05) is 36.3 Å². The molecule has 3 heterocycles. The third kappa shape index (κ3) is 3.29. The van der Waals surface area contributed by atoms with Crippen LogP contribution >= 0.6 is 0 Å². The van der Waals surface area contributed by atoms with Crippen LogP contribution in [0, 0.1) is 12.8 Å². The molecular weight excluding hydrogens is 304 g/mol. The Balaban J connectivity index is 1.32. The van der Waals surface area contributed by atoms with E-state index in [-0.39, 0.29) is 5.56 Å². The molecule has 0 radical (unpaired) electrons. The van der Waals surface area contributed by atoms with Crippen LogP contribution in [-0.2, 0) is 13.1 Å². The lowest BCUT2D eigenvalue weighted by Gasteiger charge is -2.32. The van der Waals surface area contributed by atoms with Crippen LogP contribution in [0.2, 0.25) is 0 Å². The van der Waals surface area contributed by atoms with E-state index in [9.17, 15) is 4.79 Å². The minimum Gasteiger partial charge on any atom is -0.361 e. The summed E-state index contributed by atoms with van der Waals surface area (Å²) >= 11 is 0. The van der Waals surface area contributed by atoms with Crippen molar-refractivity contribution in [1.29, 1.82) is 0 Å². The molecule has 0 spiro atoms. The van der Waals surface area contributed by atoms with Crippen molar-refractivity contribution in [2.45, 2.75) is 51.6 Å². The molecule has 2 aromatic rings. The molecule has 128 valence electrons. The minimum absolute atomic E-state index is 0.0889. The molecule has 0 amide bonds. The zero-order valence-corrected chi connectivity index (χ0v) is 14.1. The number of rotatable bonds is 5. The van der Waals surface area contributed by atoms with Crippen LogP contribution in [0.5, 0.6) is 0 Å². The summed E-state index contributed by atoms with van der Waals surface area (Å²) in [6, 6.07) is 0. The predicted octanol–water partition coefficient (Wildman–Crippen LogP) is 2.33. The largest absolute Gasteiger partial charge is 0.361 e. The van der Waals surface area contributed by atoms with Crippen LogP contribution in [0.25, 0.3) is 0 Å². The van der Waals surface area contributed by atoms with E-state index in [1.165, 1.54) is 18.4 Å². The summed E-state index contributed by atoms with van der Waals surface area (Å²) < 4.78 is 7.20. The molecule has 0 unspecified atom stereocenters. The Kier molecular flexibility index (Phi) is 4.22. The van der Waals surface area contributed by atoms with E-state index in [1.54, 1.807) is 17.1 Å². The zero-order valence-electron chi connectivity index (χ0n) is 14.1. The van der Waals surface area contributed by atoms with Gasteiger partial charge in [0.2, 0.25) is 0 Å². The molecule has 4 rings (SSSR count). The van der Waals surface area contributed by atoms with Gasteiger partial charge in [-0.3, -0.25) is 14.3 Å². The average molecular weight is 328 g/mol. The highest BCUT2D eigenvalue weighted by molar-refractivity contribution is 5.21. The molecule has 0 atom stereocenters. The number of aryl methyl sites for hydroxylation is 1. The van der Waals surface area contributed by atoms with Gasteiger partial charge in [0.15, 0.2) is 0 Å². The van der Waals surface area contributed by atoms with Crippen LogP contribution in [0.4, 0.5) is 0 Å². The van der Waals surface area contributed by atoms with Gasteiger partial charge in [-0.15, -0.1) is 0 Å². The van der Waals surface area contributed by atoms with Crippen molar-refractivity contribution in [2.75, 3.05) is 13.1 Å². The van der Waals surface area contributed by atoms with E-state index in [4.69, 9.17) is 4.52 Å². The number of hydrogen-bond acceptors (Lipinski definition) is 5. The highest BCUT2D eigenvalue weighted by Crippen LogP contribution is 2.42. The SMILES string of the molecule is Cc1cncn(CC2CCN(Cc3cnoc3C3CC3)CC2)c1=O. The summed E-state index contributed by atoms with van der Waals surface area (Å²) in [5, 5.41) is 3.99. The Morgan fingerprint density at radius 2 is 2.00 bits per heavy atom. The van der Waals surface area contributed by atoms with E-state index in [0.29, 0.717) is 11.8 Å². The van der Waals surface area contributed by atoms with Gasteiger partial charge in [0.25, 0.3) is 5.56 Å². The number of aromatic nitrogens is 3. The first-order valence-electron chi connectivity index (χ1n) is 8.87. The van der Waals surface area contributed by atoms with E-state index in [1.807, 2.05) is 13.1 Å². The van der Waals surface area contributed by atoms with Crippen molar-refractivity contribution in [1.82, 2.24) is 19.6 Å². The van der Waals surface area contributed by atoms with Crippen molar-refractivity contribution >= 4 is 0 Å². The van der Waals surface area contributed by atoms with Gasteiger partial charge < -0.3 is 4.52 Å². The van der Waals surface area contributed by atoms with Gasteiger partial charge in [0.05, 0.1) is 12.5 Å². The quantitative estimate of drug-likeness (QED) is 0.843. The Morgan fingerprint density at radius 1 is 1.21 bits per heavy atom. The normalized spacial score (nSPS) is 19.7. The van der Waals surface area contributed by atoms with Gasteiger partial charge in [0.1, 0.15) is 5.76 Å². The van der Waals surface area contributed by atoms with Crippen LogP contribution in [0.1, 0.15) is 48.5 Å². The molecule has 1 aliphatic carbocycles. The first kappa shape index (κ1) is 15.6. The van der Waals surface area contributed by atoms with Crippen molar-refractivity contribution in [2.24, 2.45) is 5.92 Å².